The second-order valence-corrected chi connectivity index (χ2v) is 6.74. The average molecular weight is 294 g/mol. The summed E-state index contributed by atoms with van der Waals surface area (Å²) in [6.07, 6.45) is 3.21. The van der Waals surface area contributed by atoms with Gasteiger partial charge in [0.15, 0.2) is 0 Å². The van der Waals surface area contributed by atoms with Crippen molar-refractivity contribution in [2.24, 2.45) is 5.41 Å². The monoisotopic (exact) mass is 293 g/mol. The fraction of sp³-hybridized carbons (Fsp3) is 0.562. The van der Waals surface area contributed by atoms with E-state index in [4.69, 9.17) is 11.6 Å². The van der Waals surface area contributed by atoms with Crippen LogP contribution in [0, 0.1) is 5.41 Å². The lowest BCUT2D eigenvalue weighted by atomic mass is 9.71. The highest BCUT2D eigenvalue weighted by molar-refractivity contribution is 6.33. The summed E-state index contributed by atoms with van der Waals surface area (Å²) in [5, 5.41) is 10.4. The van der Waals surface area contributed by atoms with Gasteiger partial charge in [0, 0.05) is 12.6 Å². The van der Waals surface area contributed by atoms with E-state index in [1.165, 1.54) is 0 Å². The predicted octanol–water partition coefficient (Wildman–Crippen LogP) is 3.11. The maximum atomic E-state index is 12.7. The van der Waals surface area contributed by atoms with Crippen LogP contribution in [0.2, 0.25) is 5.02 Å². The van der Waals surface area contributed by atoms with Crippen molar-refractivity contribution in [2.45, 2.75) is 44.8 Å². The number of aliphatic hydroxyl groups is 1. The number of halogens is 1. The number of carbonyl (C=O) groups excluding carboxylic acids is 1. The molecule has 3 nitrogen and oxygen atoms in total. The fourth-order valence-electron chi connectivity index (χ4n) is 3.84. The smallest absolute Gasteiger partial charge is 0.255 e. The highest BCUT2D eigenvalue weighted by Crippen LogP contribution is 2.47. The van der Waals surface area contributed by atoms with Gasteiger partial charge in [0.25, 0.3) is 5.91 Å². The summed E-state index contributed by atoms with van der Waals surface area (Å²) in [5.41, 5.74) is 0.638. The largest absolute Gasteiger partial charge is 0.393 e. The van der Waals surface area contributed by atoms with Gasteiger partial charge in [-0.3, -0.25) is 4.79 Å². The van der Waals surface area contributed by atoms with Gasteiger partial charge in [-0.25, -0.2) is 0 Å². The van der Waals surface area contributed by atoms with Gasteiger partial charge in [-0.1, -0.05) is 30.7 Å². The summed E-state index contributed by atoms with van der Waals surface area (Å²) >= 11 is 6.14. The molecule has 1 aromatic carbocycles. The van der Waals surface area contributed by atoms with E-state index in [1.807, 2.05) is 17.0 Å². The Hall–Kier alpha value is -1.06. The Balaban J connectivity index is 1.86. The molecule has 1 aliphatic carbocycles. The van der Waals surface area contributed by atoms with E-state index < -0.39 is 0 Å². The first kappa shape index (κ1) is 13.9. The molecular formula is C16H20ClNO2. The molecule has 1 aliphatic heterocycles. The summed E-state index contributed by atoms with van der Waals surface area (Å²) in [4.78, 5) is 14.7. The number of amides is 1. The van der Waals surface area contributed by atoms with Crippen molar-refractivity contribution in [3.05, 3.63) is 34.9 Å². The van der Waals surface area contributed by atoms with Crippen LogP contribution in [-0.2, 0) is 0 Å². The number of hydrogen-bond acceptors (Lipinski definition) is 2. The number of fused-ring (bicyclic) bond motifs is 1. The van der Waals surface area contributed by atoms with Crippen LogP contribution in [0.5, 0.6) is 0 Å². The van der Waals surface area contributed by atoms with Gasteiger partial charge in [0.05, 0.1) is 16.7 Å². The van der Waals surface area contributed by atoms with Crippen molar-refractivity contribution in [1.82, 2.24) is 4.90 Å². The summed E-state index contributed by atoms with van der Waals surface area (Å²) in [6.45, 7) is 2.96. The van der Waals surface area contributed by atoms with E-state index in [0.29, 0.717) is 10.6 Å². The van der Waals surface area contributed by atoms with Crippen LogP contribution in [0.25, 0.3) is 0 Å². The minimum absolute atomic E-state index is 0.0284. The topological polar surface area (TPSA) is 40.5 Å². The molecular weight excluding hydrogens is 274 g/mol. The molecule has 0 radical (unpaired) electrons. The summed E-state index contributed by atoms with van der Waals surface area (Å²) in [5.74, 6) is 0.0284. The third-order valence-electron chi connectivity index (χ3n) is 4.94. The van der Waals surface area contributed by atoms with Crippen molar-refractivity contribution in [3.8, 4) is 0 Å². The Bertz CT molecular complexity index is 533. The van der Waals surface area contributed by atoms with E-state index >= 15 is 0 Å². The van der Waals surface area contributed by atoms with Crippen molar-refractivity contribution in [1.29, 1.82) is 0 Å². The van der Waals surface area contributed by atoms with E-state index in [-0.39, 0.29) is 23.5 Å². The molecule has 0 spiro atoms. The number of nitrogens with zero attached hydrogens (tertiary/aromatic N) is 1. The maximum absolute atomic E-state index is 12.7. The minimum atomic E-state index is -0.216. The van der Waals surface area contributed by atoms with Crippen LogP contribution in [0.3, 0.4) is 0 Å². The van der Waals surface area contributed by atoms with Crippen LogP contribution in [0.4, 0.5) is 0 Å². The van der Waals surface area contributed by atoms with Gasteiger partial charge in [-0.2, -0.15) is 0 Å². The molecule has 2 aliphatic rings. The molecule has 1 amide bonds. The summed E-state index contributed by atoms with van der Waals surface area (Å²) in [7, 11) is 0. The number of likely N-dealkylation sites (tertiary alicyclic amines) is 1. The minimum Gasteiger partial charge on any atom is -0.393 e. The highest BCUT2D eigenvalue weighted by atomic mass is 35.5. The quantitative estimate of drug-likeness (QED) is 0.864. The third kappa shape index (κ3) is 2.23. The van der Waals surface area contributed by atoms with Crippen molar-refractivity contribution in [2.75, 3.05) is 6.54 Å². The lowest BCUT2D eigenvalue weighted by molar-refractivity contribution is 0.0211. The van der Waals surface area contributed by atoms with E-state index in [9.17, 15) is 9.90 Å². The normalized spacial score (nSPS) is 33.0. The molecule has 0 bridgehead atoms. The molecule has 1 N–H and O–H groups in total. The molecule has 4 heteroatoms. The molecule has 1 saturated carbocycles. The Morgan fingerprint density at radius 3 is 2.90 bits per heavy atom. The molecule has 108 valence electrons. The van der Waals surface area contributed by atoms with E-state index in [1.54, 1.807) is 12.1 Å². The zero-order valence-corrected chi connectivity index (χ0v) is 12.4. The van der Waals surface area contributed by atoms with Gasteiger partial charge in [-0.05, 0) is 43.2 Å². The maximum Gasteiger partial charge on any atom is 0.255 e. The first-order valence-electron chi connectivity index (χ1n) is 7.25. The van der Waals surface area contributed by atoms with Gasteiger partial charge in [-0.15, -0.1) is 0 Å². The number of benzene rings is 1. The molecule has 3 rings (SSSR count). The van der Waals surface area contributed by atoms with Crippen LogP contribution in [-0.4, -0.2) is 34.6 Å². The molecule has 1 aromatic rings. The Morgan fingerprint density at radius 2 is 2.15 bits per heavy atom. The summed E-state index contributed by atoms with van der Waals surface area (Å²) in [6, 6.07) is 7.46. The van der Waals surface area contributed by atoms with Gasteiger partial charge >= 0.3 is 0 Å². The first-order chi connectivity index (χ1) is 9.51. The fourth-order valence-corrected chi connectivity index (χ4v) is 4.06. The lowest BCUT2D eigenvalue weighted by Gasteiger charge is -2.41. The number of rotatable bonds is 1. The number of aliphatic hydroxyl groups excluding tert-OH is 1. The standard InChI is InChI=1S/C16H20ClNO2/c1-16-8-9-18(14(16)7-6-11(19)10-16)15(20)12-4-2-3-5-13(12)17/h2-5,11,14,19H,6-10H2,1H3/t11-,14-,16+/m1/s1. The molecule has 3 atom stereocenters. The van der Waals surface area contributed by atoms with Gasteiger partial charge in [0.2, 0.25) is 0 Å². The molecule has 2 fully saturated rings. The second-order valence-electron chi connectivity index (χ2n) is 6.33. The van der Waals surface area contributed by atoms with E-state index in [0.717, 1.165) is 32.2 Å². The Morgan fingerprint density at radius 1 is 1.40 bits per heavy atom. The summed E-state index contributed by atoms with van der Waals surface area (Å²) < 4.78 is 0. The lowest BCUT2D eigenvalue weighted by Crippen LogP contribution is -2.46. The highest BCUT2D eigenvalue weighted by Gasteiger charge is 2.49. The zero-order chi connectivity index (χ0) is 14.3. The van der Waals surface area contributed by atoms with Gasteiger partial charge < -0.3 is 10.0 Å². The second kappa shape index (κ2) is 5.05. The van der Waals surface area contributed by atoms with Crippen molar-refractivity contribution in [3.63, 3.8) is 0 Å². The average Bonchev–Trinajstić information content (AvgIpc) is 2.74. The van der Waals surface area contributed by atoms with Crippen LogP contribution in [0.15, 0.2) is 24.3 Å². The zero-order valence-electron chi connectivity index (χ0n) is 11.7. The SMILES string of the molecule is C[C@@]12CCN(C(=O)c3ccccc3Cl)[C@@H]1CC[C@@H](O)C2. The first-order valence-corrected chi connectivity index (χ1v) is 7.63. The van der Waals surface area contributed by atoms with Crippen LogP contribution >= 0.6 is 11.6 Å². The van der Waals surface area contributed by atoms with Gasteiger partial charge in [0.1, 0.15) is 0 Å². The molecule has 1 heterocycles. The van der Waals surface area contributed by atoms with Crippen LogP contribution < -0.4 is 0 Å². The predicted molar refractivity (Wildman–Crippen MR) is 78.9 cm³/mol. The Labute approximate surface area is 124 Å². The molecule has 0 aromatic heterocycles. The molecule has 20 heavy (non-hydrogen) atoms. The van der Waals surface area contributed by atoms with E-state index in [2.05, 4.69) is 6.92 Å². The Kier molecular flexibility index (Phi) is 3.51. The number of carbonyl (C=O) groups is 1. The third-order valence-corrected chi connectivity index (χ3v) is 5.27. The number of hydrogen-bond donors (Lipinski definition) is 1. The van der Waals surface area contributed by atoms with Crippen LogP contribution in [0.1, 0.15) is 43.0 Å². The molecule has 0 unspecified atom stereocenters. The van der Waals surface area contributed by atoms with Crippen molar-refractivity contribution < 1.29 is 9.90 Å². The van der Waals surface area contributed by atoms with Crippen molar-refractivity contribution >= 4 is 17.5 Å². The molecule has 1 saturated heterocycles.